The van der Waals surface area contributed by atoms with Gasteiger partial charge in [0.15, 0.2) is 5.96 Å². The van der Waals surface area contributed by atoms with E-state index in [1.807, 2.05) is 37.8 Å². The Bertz CT molecular complexity index is 895. The summed E-state index contributed by atoms with van der Waals surface area (Å²) in [6.45, 7) is 2.27. The Kier molecular flexibility index (Phi) is 8.79. The average Bonchev–Trinajstić information content (AvgIpc) is 3.15. The van der Waals surface area contributed by atoms with E-state index in [2.05, 4.69) is 55.1 Å². The third-order valence-electron chi connectivity index (χ3n) is 4.25. The summed E-state index contributed by atoms with van der Waals surface area (Å²) in [7, 11) is 3.82. The molecule has 0 bridgehead atoms. The molecule has 0 atom stereocenters. The zero-order chi connectivity index (χ0) is 19.1. The van der Waals surface area contributed by atoms with Gasteiger partial charge in [-0.15, -0.1) is 24.0 Å². The van der Waals surface area contributed by atoms with E-state index < -0.39 is 0 Å². The van der Waals surface area contributed by atoms with Crippen molar-refractivity contribution in [3.63, 3.8) is 0 Å². The van der Waals surface area contributed by atoms with Crippen LogP contribution in [0.3, 0.4) is 0 Å². The molecule has 0 radical (unpaired) electrons. The van der Waals surface area contributed by atoms with Crippen molar-refractivity contribution in [3.05, 3.63) is 89.0 Å². The van der Waals surface area contributed by atoms with E-state index in [0.717, 1.165) is 29.6 Å². The van der Waals surface area contributed by atoms with E-state index in [0.29, 0.717) is 6.54 Å². The van der Waals surface area contributed by atoms with Gasteiger partial charge in [-0.3, -0.25) is 4.99 Å². The Morgan fingerprint density at radius 3 is 2.61 bits per heavy atom. The van der Waals surface area contributed by atoms with Crippen LogP contribution in [0.1, 0.15) is 16.7 Å². The molecule has 0 aliphatic heterocycles. The molecular weight excluding hydrogens is 485 g/mol. The van der Waals surface area contributed by atoms with Gasteiger partial charge in [-0.2, -0.15) is 0 Å². The maximum atomic E-state index is 6.08. The molecular formula is C21H25ClIN5. The van der Waals surface area contributed by atoms with Gasteiger partial charge >= 0.3 is 0 Å². The van der Waals surface area contributed by atoms with Gasteiger partial charge in [0.25, 0.3) is 0 Å². The van der Waals surface area contributed by atoms with Crippen molar-refractivity contribution >= 4 is 41.5 Å². The lowest BCUT2D eigenvalue weighted by molar-refractivity contribution is 0.476. The van der Waals surface area contributed by atoms with Gasteiger partial charge in [0.05, 0.1) is 6.33 Å². The van der Waals surface area contributed by atoms with E-state index in [1.54, 1.807) is 13.2 Å². The van der Waals surface area contributed by atoms with Crippen molar-refractivity contribution in [1.29, 1.82) is 0 Å². The predicted octanol–water partition coefficient (Wildman–Crippen LogP) is 4.41. The van der Waals surface area contributed by atoms with Crippen LogP contribution in [0.2, 0.25) is 5.02 Å². The van der Waals surface area contributed by atoms with Crippen molar-refractivity contribution in [2.45, 2.75) is 19.6 Å². The summed E-state index contributed by atoms with van der Waals surface area (Å²) in [6.07, 6.45) is 5.60. The number of nitrogens with one attached hydrogen (secondary N) is 1. The molecule has 0 saturated carbocycles. The van der Waals surface area contributed by atoms with E-state index in [-0.39, 0.29) is 24.0 Å². The smallest absolute Gasteiger partial charge is 0.193 e. The topological polar surface area (TPSA) is 45.5 Å². The van der Waals surface area contributed by atoms with Gasteiger partial charge in [0.2, 0.25) is 0 Å². The maximum Gasteiger partial charge on any atom is 0.193 e. The minimum absolute atomic E-state index is 0. The van der Waals surface area contributed by atoms with Gasteiger partial charge < -0.3 is 14.8 Å². The fourth-order valence-electron chi connectivity index (χ4n) is 2.98. The number of hydrogen-bond acceptors (Lipinski definition) is 2. The van der Waals surface area contributed by atoms with Gasteiger partial charge in [-0.1, -0.05) is 48.0 Å². The first kappa shape index (κ1) is 22.2. The molecule has 7 heteroatoms. The molecule has 2 aromatic carbocycles. The van der Waals surface area contributed by atoms with Crippen LogP contribution in [0.5, 0.6) is 0 Å². The quantitative estimate of drug-likeness (QED) is 0.304. The molecule has 0 aliphatic rings. The molecule has 0 aliphatic carbocycles. The predicted molar refractivity (Wildman–Crippen MR) is 126 cm³/mol. The lowest BCUT2D eigenvalue weighted by atomic mass is 10.1. The van der Waals surface area contributed by atoms with E-state index in [1.165, 1.54) is 11.1 Å². The molecule has 0 amide bonds. The summed E-state index contributed by atoms with van der Waals surface area (Å²) in [6, 6.07) is 16.4. The number of halogens is 2. The molecule has 3 rings (SSSR count). The second-order valence-corrected chi connectivity index (χ2v) is 6.88. The lowest BCUT2D eigenvalue weighted by Gasteiger charge is -2.22. The molecule has 1 aromatic heterocycles. The molecule has 1 N–H and O–H groups in total. The van der Waals surface area contributed by atoms with Gasteiger partial charge in [-0.05, 0) is 28.8 Å². The first-order valence-corrected chi connectivity index (χ1v) is 9.21. The number of imidazole rings is 1. The highest BCUT2D eigenvalue weighted by molar-refractivity contribution is 14.0. The van der Waals surface area contributed by atoms with Gasteiger partial charge in [-0.25, -0.2) is 4.98 Å². The normalized spacial score (nSPS) is 11.0. The molecule has 28 heavy (non-hydrogen) atoms. The standard InChI is InChI=1S/C21H24ClN5.HI/c1-23-21(26(2)14-19-7-4-8-20(22)12-19)25-13-17-5-3-6-18(11-17)15-27-10-9-24-16-27;/h3-12,16H,13-15H2,1-2H3,(H,23,25);1H. The van der Waals surface area contributed by atoms with Crippen LogP contribution in [0.4, 0.5) is 0 Å². The second-order valence-electron chi connectivity index (χ2n) is 6.44. The molecule has 5 nitrogen and oxygen atoms in total. The number of aliphatic imine (C=N–C) groups is 1. The molecule has 0 unspecified atom stereocenters. The Morgan fingerprint density at radius 1 is 1.14 bits per heavy atom. The van der Waals surface area contributed by atoms with E-state index in [4.69, 9.17) is 11.6 Å². The summed E-state index contributed by atoms with van der Waals surface area (Å²) in [5.74, 6) is 0.843. The number of nitrogens with zero attached hydrogens (tertiary/aromatic N) is 4. The van der Waals surface area contributed by atoms with Crippen LogP contribution >= 0.6 is 35.6 Å². The zero-order valence-corrected chi connectivity index (χ0v) is 19.1. The molecule has 148 valence electrons. The van der Waals surface area contributed by atoms with Crippen LogP contribution in [0.15, 0.2) is 72.2 Å². The number of hydrogen-bond donors (Lipinski definition) is 1. The van der Waals surface area contributed by atoms with Crippen LogP contribution in [-0.4, -0.2) is 34.5 Å². The monoisotopic (exact) mass is 509 g/mol. The summed E-state index contributed by atoms with van der Waals surface area (Å²) < 4.78 is 2.06. The Morgan fingerprint density at radius 2 is 1.89 bits per heavy atom. The van der Waals surface area contributed by atoms with Crippen molar-refractivity contribution in [2.24, 2.45) is 4.99 Å². The summed E-state index contributed by atoms with van der Waals surface area (Å²) in [4.78, 5) is 10.6. The van der Waals surface area contributed by atoms with Gasteiger partial charge in [0.1, 0.15) is 0 Å². The number of guanidine groups is 1. The van der Waals surface area contributed by atoms with E-state index in [9.17, 15) is 0 Å². The summed E-state index contributed by atoms with van der Waals surface area (Å²) >= 11 is 6.08. The van der Waals surface area contributed by atoms with Gasteiger partial charge in [0, 0.05) is 51.1 Å². The molecule has 0 fully saturated rings. The number of benzene rings is 2. The summed E-state index contributed by atoms with van der Waals surface area (Å²) in [5.41, 5.74) is 3.61. The Hall–Kier alpha value is -2.06. The highest BCUT2D eigenvalue weighted by atomic mass is 127. The maximum absolute atomic E-state index is 6.08. The highest BCUT2D eigenvalue weighted by Gasteiger charge is 2.07. The van der Waals surface area contributed by atoms with Crippen molar-refractivity contribution in [1.82, 2.24) is 19.8 Å². The van der Waals surface area contributed by atoms with Crippen LogP contribution < -0.4 is 5.32 Å². The Labute approximate surface area is 188 Å². The molecule has 0 saturated heterocycles. The minimum atomic E-state index is 0. The van der Waals surface area contributed by atoms with Crippen LogP contribution in [-0.2, 0) is 19.6 Å². The first-order valence-electron chi connectivity index (χ1n) is 8.84. The third kappa shape index (κ3) is 6.53. The largest absolute Gasteiger partial charge is 0.352 e. The SMILES string of the molecule is CN=C(NCc1cccc(Cn2ccnc2)c1)N(C)Cc1cccc(Cl)c1.I. The minimum Gasteiger partial charge on any atom is -0.352 e. The average molecular weight is 510 g/mol. The van der Waals surface area contributed by atoms with E-state index >= 15 is 0 Å². The molecule has 3 aromatic rings. The fourth-order valence-corrected chi connectivity index (χ4v) is 3.19. The van der Waals surface area contributed by atoms with Crippen LogP contribution in [0.25, 0.3) is 0 Å². The fraction of sp³-hybridized carbons (Fsp3) is 0.238. The first-order chi connectivity index (χ1) is 13.1. The zero-order valence-electron chi connectivity index (χ0n) is 16.0. The number of aromatic nitrogens is 2. The van der Waals surface area contributed by atoms with Crippen molar-refractivity contribution in [3.8, 4) is 0 Å². The number of rotatable bonds is 6. The van der Waals surface area contributed by atoms with Crippen molar-refractivity contribution in [2.75, 3.05) is 14.1 Å². The third-order valence-corrected chi connectivity index (χ3v) is 4.48. The highest BCUT2D eigenvalue weighted by Crippen LogP contribution is 2.12. The van der Waals surface area contributed by atoms with Crippen molar-refractivity contribution < 1.29 is 0 Å². The molecule has 1 heterocycles. The second kappa shape index (κ2) is 11.1. The lowest BCUT2D eigenvalue weighted by Crippen LogP contribution is -2.38. The molecule has 0 spiro atoms. The Balaban J connectivity index is 0.00000280. The van der Waals surface area contributed by atoms with Crippen LogP contribution in [0, 0.1) is 0 Å². The summed E-state index contributed by atoms with van der Waals surface area (Å²) in [5, 5.41) is 4.18.